The van der Waals surface area contributed by atoms with Gasteiger partial charge in [-0.05, 0) is 12.1 Å². The summed E-state index contributed by atoms with van der Waals surface area (Å²) in [5.74, 6) is 0.629. The van der Waals surface area contributed by atoms with Crippen molar-refractivity contribution in [1.82, 2.24) is 14.5 Å². The fourth-order valence-corrected chi connectivity index (χ4v) is 2.93. The largest absolute Gasteiger partial charge is 0.387 e. The van der Waals surface area contributed by atoms with Crippen LogP contribution < -0.4 is 5.73 Å². The fraction of sp³-hybridized carbons (Fsp3) is 0.0833. The van der Waals surface area contributed by atoms with Crippen LogP contribution in [0.5, 0.6) is 0 Å². The van der Waals surface area contributed by atoms with Gasteiger partial charge in [0.2, 0.25) is 0 Å². The smallest absolute Gasteiger partial charge is 0.167 e. The Morgan fingerprint density at radius 3 is 3.00 bits per heavy atom. The number of rotatable bonds is 3. The molecule has 0 atom stereocenters. The minimum absolute atomic E-state index is 0.307. The Morgan fingerprint density at radius 2 is 2.22 bits per heavy atom. The van der Waals surface area contributed by atoms with Gasteiger partial charge < -0.3 is 10.3 Å². The highest BCUT2D eigenvalue weighted by molar-refractivity contribution is 7.80. The number of hydrogen-bond acceptors (Lipinski definition) is 4. The molecule has 0 bridgehead atoms. The van der Waals surface area contributed by atoms with Crippen LogP contribution in [0.15, 0.2) is 36.7 Å². The summed E-state index contributed by atoms with van der Waals surface area (Å²) >= 11 is 6.63. The highest BCUT2D eigenvalue weighted by Gasteiger charge is 2.08. The predicted octanol–water partition coefficient (Wildman–Crippen LogP) is 2.18. The van der Waals surface area contributed by atoms with E-state index in [1.807, 2.05) is 29.0 Å². The number of thiazole rings is 1. The molecule has 0 aliphatic carbocycles. The third kappa shape index (κ3) is 2.00. The van der Waals surface area contributed by atoms with E-state index in [0.29, 0.717) is 17.4 Å². The van der Waals surface area contributed by atoms with Gasteiger partial charge in [0.1, 0.15) is 10.00 Å². The average Bonchev–Trinajstić information content (AvgIpc) is 2.94. The zero-order valence-electron chi connectivity index (χ0n) is 9.41. The van der Waals surface area contributed by atoms with Crippen LogP contribution in [-0.4, -0.2) is 19.5 Å². The molecule has 0 fully saturated rings. The molecule has 0 spiro atoms. The summed E-state index contributed by atoms with van der Waals surface area (Å²) in [5, 5.41) is 1.02. The van der Waals surface area contributed by atoms with Crippen molar-refractivity contribution < 1.29 is 0 Å². The van der Waals surface area contributed by atoms with Crippen molar-refractivity contribution in [3.8, 4) is 0 Å². The zero-order valence-corrected chi connectivity index (χ0v) is 11.0. The van der Waals surface area contributed by atoms with Gasteiger partial charge in [0.15, 0.2) is 5.82 Å². The Kier molecular flexibility index (Phi) is 2.81. The average molecular weight is 274 g/mol. The summed E-state index contributed by atoms with van der Waals surface area (Å²) < 4.78 is 3.10. The van der Waals surface area contributed by atoms with Crippen LogP contribution in [0.2, 0.25) is 0 Å². The molecule has 0 aliphatic rings. The van der Waals surface area contributed by atoms with E-state index >= 15 is 0 Å². The summed E-state index contributed by atoms with van der Waals surface area (Å²) in [7, 11) is 0. The lowest BCUT2D eigenvalue weighted by molar-refractivity contribution is 0.783. The molecule has 0 saturated carbocycles. The Labute approximate surface area is 113 Å². The van der Waals surface area contributed by atoms with Crippen molar-refractivity contribution >= 4 is 38.8 Å². The second-order valence-electron chi connectivity index (χ2n) is 3.82. The number of nitrogens with zero attached hydrogens (tertiary/aromatic N) is 3. The van der Waals surface area contributed by atoms with Crippen molar-refractivity contribution in [3.05, 3.63) is 47.5 Å². The van der Waals surface area contributed by atoms with E-state index in [2.05, 4.69) is 16.0 Å². The van der Waals surface area contributed by atoms with Crippen molar-refractivity contribution in [2.75, 3.05) is 0 Å². The van der Waals surface area contributed by atoms with Crippen LogP contribution in [-0.2, 0) is 6.54 Å². The number of fused-ring (bicyclic) bond motifs is 1. The molecular weight excluding hydrogens is 264 g/mol. The SMILES string of the molecule is NC(=S)c1nccn1Cc1nc2ccccc2s1. The van der Waals surface area contributed by atoms with Crippen LogP contribution in [0.1, 0.15) is 10.8 Å². The van der Waals surface area contributed by atoms with Gasteiger partial charge in [-0.2, -0.15) is 0 Å². The number of hydrogen-bond donors (Lipinski definition) is 1. The molecule has 0 radical (unpaired) electrons. The minimum atomic E-state index is 0.307. The molecule has 4 nitrogen and oxygen atoms in total. The summed E-state index contributed by atoms with van der Waals surface area (Å²) in [5.41, 5.74) is 6.64. The molecule has 2 aromatic heterocycles. The Morgan fingerprint density at radius 1 is 1.39 bits per heavy atom. The first-order valence-electron chi connectivity index (χ1n) is 5.39. The highest BCUT2D eigenvalue weighted by Crippen LogP contribution is 2.22. The monoisotopic (exact) mass is 274 g/mol. The van der Waals surface area contributed by atoms with E-state index in [-0.39, 0.29) is 0 Å². The van der Waals surface area contributed by atoms with Gasteiger partial charge in [0, 0.05) is 12.4 Å². The molecule has 90 valence electrons. The summed E-state index contributed by atoms with van der Waals surface area (Å²) in [4.78, 5) is 9.02. The van der Waals surface area contributed by atoms with Gasteiger partial charge in [-0.15, -0.1) is 11.3 Å². The second-order valence-corrected chi connectivity index (χ2v) is 5.37. The maximum atomic E-state index is 5.62. The van der Waals surface area contributed by atoms with Crippen LogP contribution in [0.4, 0.5) is 0 Å². The van der Waals surface area contributed by atoms with Gasteiger partial charge >= 0.3 is 0 Å². The molecule has 0 amide bonds. The van der Waals surface area contributed by atoms with E-state index in [4.69, 9.17) is 18.0 Å². The lowest BCUT2D eigenvalue weighted by Crippen LogP contribution is -2.17. The fourth-order valence-electron chi connectivity index (χ4n) is 1.80. The van der Waals surface area contributed by atoms with Crippen molar-refractivity contribution in [1.29, 1.82) is 0 Å². The molecule has 0 saturated heterocycles. The molecule has 18 heavy (non-hydrogen) atoms. The predicted molar refractivity (Wildman–Crippen MR) is 76.8 cm³/mol. The topological polar surface area (TPSA) is 56.7 Å². The number of nitrogens with two attached hydrogens (primary N) is 1. The summed E-state index contributed by atoms with van der Waals surface area (Å²) in [6.07, 6.45) is 3.56. The van der Waals surface area contributed by atoms with Crippen molar-refractivity contribution in [3.63, 3.8) is 0 Å². The first kappa shape index (κ1) is 11.3. The lowest BCUT2D eigenvalue weighted by Gasteiger charge is -2.03. The zero-order chi connectivity index (χ0) is 12.5. The van der Waals surface area contributed by atoms with Gasteiger partial charge in [-0.3, -0.25) is 0 Å². The lowest BCUT2D eigenvalue weighted by atomic mass is 10.3. The second kappa shape index (κ2) is 4.47. The van der Waals surface area contributed by atoms with E-state index < -0.39 is 0 Å². The number of para-hydroxylation sites is 1. The normalized spacial score (nSPS) is 10.9. The molecule has 6 heteroatoms. The summed E-state index contributed by atoms with van der Waals surface area (Å²) in [6, 6.07) is 8.09. The highest BCUT2D eigenvalue weighted by atomic mass is 32.1. The molecule has 2 heterocycles. The van der Waals surface area contributed by atoms with E-state index in [9.17, 15) is 0 Å². The van der Waals surface area contributed by atoms with Crippen LogP contribution >= 0.6 is 23.6 Å². The van der Waals surface area contributed by atoms with Crippen LogP contribution in [0, 0.1) is 0 Å². The third-order valence-electron chi connectivity index (χ3n) is 2.58. The van der Waals surface area contributed by atoms with Crippen LogP contribution in [0.25, 0.3) is 10.2 Å². The summed E-state index contributed by atoms with van der Waals surface area (Å²) in [6.45, 7) is 0.645. The molecule has 1 aromatic carbocycles. The van der Waals surface area contributed by atoms with E-state index in [1.165, 1.54) is 4.70 Å². The van der Waals surface area contributed by atoms with Gasteiger partial charge in [-0.1, -0.05) is 24.4 Å². The van der Waals surface area contributed by atoms with Gasteiger partial charge in [0.05, 0.1) is 16.8 Å². The Bertz CT molecular complexity index is 681. The first-order valence-corrected chi connectivity index (χ1v) is 6.62. The number of imidazole rings is 1. The van der Waals surface area contributed by atoms with Crippen molar-refractivity contribution in [2.45, 2.75) is 6.54 Å². The first-order chi connectivity index (χ1) is 8.74. The molecule has 0 aliphatic heterocycles. The molecule has 2 N–H and O–H groups in total. The molecular formula is C12H10N4S2. The maximum Gasteiger partial charge on any atom is 0.167 e. The maximum absolute atomic E-state index is 5.62. The Hall–Kier alpha value is -1.79. The number of thiocarbonyl (C=S) groups is 1. The minimum Gasteiger partial charge on any atom is -0.387 e. The molecule has 3 aromatic rings. The third-order valence-corrected chi connectivity index (χ3v) is 3.78. The molecule has 0 unspecified atom stereocenters. The van der Waals surface area contributed by atoms with E-state index in [0.717, 1.165) is 10.5 Å². The number of benzene rings is 1. The quantitative estimate of drug-likeness (QED) is 0.744. The van der Waals surface area contributed by atoms with Crippen molar-refractivity contribution in [2.24, 2.45) is 5.73 Å². The molecule has 3 rings (SSSR count). The van der Waals surface area contributed by atoms with Gasteiger partial charge in [0.25, 0.3) is 0 Å². The van der Waals surface area contributed by atoms with Gasteiger partial charge in [-0.25, -0.2) is 9.97 Å². The van der Waals surface area contributed by atoms with Crippen LogP contribution in [0.3, 0.4) is 0 Å². The number of aromatic nitrogens is 3. The standard InChI is InChI=1S/C12H10N4S2/c13-11(17)12-14-5-6-16(12)7-10-15-8-3-1-2-4-9(8)18-10/h1-6H,7H2,(H2,13,17). The van der Waals surface area contributed by atoms with E-state index in [1.54, 1.807) is 17.5 Å². The Balaban J connectivity index is 1.96.